The molecule has 1 unspecified atom stereocenters. The molecule has 33 heavy (non-hydrogen) atoms. The van der Waals surface area contributed by atoms with Gasteiger partial charge in [0, 0.05) is 30.5 Å². The number of amides is 1. The fraction of sp³-hybridized carbons (Fsp3) is 0.280. The standard InChI is InChI=1S/C25H24N4O4/c30-25(23-16-32-21-5-1-2-6-22(21)33-23)29-15-17-4-3-9-26-24(17)27-19-8-7-18(14-20(19)29)28-10-12-31-13-11-28/h1-9,14,23H,10-13,15-16H2,(H,26,27). The number of carbonyl (C=O) groups is 1. The molecule has 3 aliphatic heterocycles. The maximum atomic E-state index is 13.8. The molecule has 0 radical (unpaired) electrons. The third-order valence-electron chi connectivity index (χ3n) is 6.17. The maximum Gasteiger partial charge on any atom is 0.272 e. The SMILES string of the molecule is O=C(C1COc2ccccc2O1)N1Cc2cccnc2Nc2ccc(N3CCOCC3)cc21. The van der Waals surface area contributed by atoms with Crippen LogP contribution < -0.4 is 24.6 Å². The fourth-order valence-corrected chi connectivity index (χ4v) is 4.44. The number of rotatable bonds is 2. The van der Waals surface area contributed by atoms with Crippen molar-refractivity contribution >= 4 is 28.8 Å². The third-order valence-corrected chi connectivity index (χ3v) is 6.17. The van der Waals surface area contributed by atoms with Crippen molar-refractivity contribution in [3.63, 3.8) is 0 Å². The largest absolute Gasteiger partial charge is 0.485 e. The first kappa shape index (κ1) is 19.9. The first-order valence-corrected chi connectivity index (χ1v) is 11.1. The Morgan fingerprint density at radius 3 is 2.76 bits per heavy atom. The van der Waals surface area contributed by atoms with Crippen LogP contribution in [0.2, 0.25) is 0 Å². The number of hydrogen-bond acceptors (Lipinski definition) is 7. The van der Waals surface area contributed by atoms with Crippen LogP contribution in [0, 0.1) is 0 Å². The van der Waals surface area contributed by atoms with Crippen LogP contribution in [0.4, 0.5) is 22.9 Å². The minimum atomic E-state index is -0.738. The molecule has 8 nitrogen and oxygen atoms in total. The van der Waals surface area contributed by atoms with Gasteiger partial charge in [0.2, 0.25) is 6.10 Å². The Hall–Kier alpha value is -3.78. The number of pyridine rings is 1. The van der Waals surface area contributed by atoms with Gasteiger partial charge in [0.15, 0.2) is 11.5 Å². The van der Waals surface area contributed by atoms with E-state index >= 15 is 0 Å². The number of morpholine rings is 1. The lowest BCUT2D eigenvalue weighted by molar-refractivity contribution is -0.127. The number of ether oxygens (including phenoxy) is 3. The molecular weight excluding hydrogens is 420 g/mol. The van der Waals surface area contributed by atoms with Gasteiger partial charge >= 0.3 is 0 Å². The van der Waals surface area contributed by atoms with E-state index in [1.807, 2.05) is 42.5 Å². The summed E-state index contributed by atoms with van der Waals surface area (Å²) < 4.78 is 17.4. The number of hydrogen-bond donors (Lipinski definition) is 1. The van der Waals surface area contributed by atoms with Crippen LogP contribution in [-0.4, -0.2) is 49.9 Å². The lowest BCUT2D eigenvalue weighted by Crippen LogP contribution is -2.46. The Kier molecular flexibility index (Phi) is 4.99. The topological polar surface area (TPSA) is 76.2 Å². The van der Waals surface area contributed by atoms with Gasteiger partial charge in [-0.05, 0) is 36.4 Å². The molecule has 1 amide bonds. The van der Waals surface area contributed by atoms with Crippen LogP contribution in [0.5, 0.6) is 11.5 Å². The van der Waals surface area contributed by atoms with Gasteiger partial charge in [0.05, 0.1) is 31.1 Å². The van der Waals surface area contributed by atoms with Crippen LogP contribution >= 0.6 is 0 Å². The smallest absolute Gasteiger partial charge is 0.272 e. The van der Waals surface area contributed by atoms with E-state index in [1.54, 1.807) is 11.1 Å². The van der Waals surface area contributed by atoms with E-state index in [4.69, 9.17) is 14.2 Å². The van der Waals surface area contributed by atoms with Crippen LogP contribution in [0.15, 0.2) is 60.8 Å². The first-order chi connectivity index (χ1) is 16.3. The van der Waals surface area contributed by atoms with E-state index in [1.165, 1.54) is 0 Å². The molecule has 6 rings (SSSR count). The molecule has 3 aromatic rings. The monoisotopic (exact) mass is 444 g/mol. The van der Waals surface area contributed by atoms with Gasteiger partial charge in [-0.1, -0.05) is 18.2 Å². The number of nitrogens with one attached hydrogen (secondary N) is 1. The van der Waals surface area contributed by atoms with Crippen molar-refractivity contribution in [3.05, 3.63) is 66.4 Å². The summed E-state index contributed by atoms with van der Waals surface area (Å²) in [7, 11) is 0. The van der Waals surface area contributed by atoms with Crippen LogP contribution in [0.25, 0.3) is 0 Å². The van der Waals surface area contributed by atoms with Crippen molar-refractivity contribution in [3.8, 4) is 11.5 Å². The lowest BCUT2D eigenvalue weighted by Gasteiger charge is -2.32. The first-order valence-electron chi connectivity index (χ1n) is 11.1. The second-order valence-electron chi connectivity index (χ2n) is 8.23. The summed E-state index contributed by atoms with van der Waals surface area (Å²) in [5.41, 5.74) is 3.62. The zero-order valence-electron chi connectivity index (χ0n) is 18.1. The Morgan fingerprint density at radius 2 is 1.88 bits per heavy atom. The molecule has 3 aliphatic rings. The van der Waals surface area contributed by atoms with Crippen LogP contribution in [0.1, 0.15) is 5.56 Å². The number of anilines is 4. The number of carbonyl (C=O) groups excluding carboxylic acids is 1. The molecule has 2 aromatic carbocycles. The maximum absolute atomic E-state index is 13.8. The molecule has 168 valence electrons. The van der Waals surface area contributed by atoms with E-state index in [9.17, 15) is 4.79 Å². The highest BCUT2D eigenvalue weighted by atomic mass is 16.6. The van der Waals surface area contributed by atoms with Gasteiger partial charge in [-0.15, -0.1) is 0 Å². The average Bonchev–Trinajstić information content (AvgIpc) is 3.05. The highest BCUT2D eigenvalue weighted by Crippen LogP contribution is 2.39. The van der Waals surface area contributed by atoms with Crippen molar-refractivity contribution in [1.29, 1.82) is 0 Å². The number of fused-ring (bicyclic) bond motifs is 3. The third kappa shape index (κ3) is 3.72. The summed E-state index contributed by atoms with van der Waals surface area (Å²) in [6.45, 7) is 3.57. The number of aromatic nitrogens is 1. The molecule has 8 heteroatoms. The highest BCUT2D eigenvalue weighted by molar-refractivity contribution is 6.01. The van der Waals surface area contributed by atoms with Crippen molar-refractivity contribution in [2.24, 2.45) is 0 Å². The van der Waals surface area contributed by atoms with Gasteiger partial charge in [-0.2, -0.15) is 0 Å². The molecule has 1 saturated heterocycles. The Labute approximate surface area is 191 Å². The summed E-state index contributed by atoms with van der Waals surface area (Å²) in [5.74, 6) is 1.84. The molecular formula is C25H24N4O4. The second-order valence-corrected chi connectivity index (χ2v) is 8.23. The average molecular weight is 444 g/mol. The molecule has 1 N–H and O–H groups in total. The summed E-state index contributed by atoms with van der Waals surface area (Å²) >= 11 is 0. The van der Waals surface area contributed by atoms with E-state index in [-0.39, 0.29) is 12.5 Å². The zero-order chi connectivity index (χ0) is 22.2. The van der Waals surface area contributed by atoms with Crippen molar-refractivity contribution in [1.82, 2.24) is 4.98 Å². The predicted octanol–water partition coefficient (Wildman–Crippen LogP) is 3.35. The van der Waals surface area contributed by atoms with Crippen molar-refractivity contribution in [2.45, 2.75) is 12.6 Å². The zero-order valence-corrected chi connectivity index (χ0v) is 18.1. The molecule has 0 saturated carbocycles. The van der Waals surface area contributed by atoms with Crippen LogP contribution in [0.3, 0.4) is 0 Å². The Morgan fingerprint density at radius 1 is 1.03 bits per heavy atom. The summed E-state index contributed by atoms with van der Waals surface area (Å²) in [5, 5.41) is 3.42. The second kappa shape index (κ2) is 8.29. The molecule has 1 aromatic heterocycles. The molecule has 0 bridgehead atoms. The van der Waals surface area contributed by atoms with Crippen molar-refractivity contribution < 1.29 is 19.0 Å². The normalized spacial score (nSPS) is 19.1. The Bertz CT molecular complexity index is 1190. The van der Waals surface area contributed by atoms with E-state index in [2.05, 4.69) is 27.3 Å². The fourth-order valence-electron chi connectivity index (χ4n) is 4.44. The number of nitrogens with zero attached hydrogens (tertiary/aromatic N) is 3. The minimum Gasteiger partial charge on any atom is -0.485 e. The summed E-state index contributed by atoms with van der Waals surface area (Å²) in [4.78, 5) is 22.4. The number of para-hydroxylation sites is 2. The molecule has 1 atom stereocenters. The number of benzene rings is 2. The molecule has 0 aliphatic carbocycles. The van der Waals surface area contributed by atoms with Gasteiger partial charge in [-0.3, -0.25) is 4.79 Å². The Balaban J connectivity index is 1.38. The quantitative estimate of drug-likeness (QED) is 0.650. The van der Waals surface area contributed by atoms with Gasteiger partial charge < -0.3 is 29.3 Å². The van der Waals surface area contributed by atoms with Gasteiger partial charge in [-0.25, -0.2) is 4.98 Å². The lowest BCUT2D eigenvalue weighted by atomic mass is 10.1. The van der Waals surface area contributed by atoms with Crippen molar-refractivity contribution in [2.75, 3.05) is 48.0 Å². The van der Waals surface area contributed by atoms with E-state index in [0.29, 0.717) is 31.3 Å². The van der Waals surface area contributed by atoms with Gasteiger partial charge in [0.1, 0.15) is 12.4 Å². The summed E-state index contributed by atoms with van der Waals surface area (Å²) in [6.07, 6.45) is 1.01. The molecule has 1 fully saturated rings. The molecule has 0 spiro atoms. The highest BCUT2D eigenvalue weighted by Gasteiger charge is 2.34. The van der Waals surface area contributed by atoms with E-state index < -0.39 is 6.10 Å². The predicted molar refractivity (Wildman–Crippen MR) is 125 cm³/mol. The van der Waals surface area contributed by atoms with Crippen LogP contribution in [-0.2, 0) is 16.1 Å². The van der Waals surface area contributed by atoms with E-state index in [0.717, 1.165) is 41.5 Å². The van der Waals surface area contributed by atoms with Gasteiger partial charge in [0.25, 0.3) is 5.91 Å². The molecule has 4 heterocycles. The summed E-state index contributed by atoms with van der Waals surface area (Å²) in [6, 6.07) is 17.4. The minimum absolute atomic E-state index is 0.150.